The fraction of sp³-hybridized carbons (Fsp3) is 0.667. The van der Waals surface area contributed by atoms with Crippen LogP contribution in [0.3, 0.4) is 0 Å². The van der Waals surface area contributed by atoms with Crippen LogP contribution in [0.4, 0.5) is 0 Å². The Morgan fingerprint density at radius 3 is 2.64 bits per heavy atom. The van der Waals surface area contributed by atoms with Crippen molar-refractivity contribution in [2.75, 3.05) is 0 Å². The Kier molecular flexibility index (Phi) is 2.40. The molecular weight excluding hydrogens is 172 g/mol. The average molecular weight is 192 g/mol. The minimum atomic E-state index is 0.267. The van der Waals surface area contributed by atoms with Crippen LogP contribution in [0.2, 0.25) is 0 Å². The number of aryl methyl sites for hydroxylation is 1. The monoisotopic (exact) mass is 192 g/mol. The van der Waals surface area contributed by atoms with E-state index < -0.39 is 0 Å². The molecule has 0 saturated heterocycles. The van der Waals surface area contributed by atoms with Gasteiger partial charge in [-0.3, -0.25) is 0 Å². The molecule has 78 valence electrons. The van der Waals surface area contributed by atoms with Gasteiger partial charge in [-0.15, -0.1) is 0 Å². The third-order valence-electron chi connectivity index (χ3n) is 3.04. The van der Waals surface area contributed by atoms with Gasteiger partial charge < -0.3 is 10.3 Å². The predicted molar refractivity (Wildman–Crippen MR) is 59.5 cm³/mol. The van der Waals surface area contributed by atoms with Crippen molar-refractivity contribution in [3.8, 4) is 0 Å². The van der Waals surface area contributed by atoms with Crippen LogP contribution in [0, 0.1) is 13.8 Å². The molecule has 0 amide bonds. The zero-order chi connectivity index (χ0) is 10.3. The van der Waals surface area contributed by atoms with Gasteiger partial charge in [-0.25, -0.2) is 0 Å². The van der Waals surface area contributed by atoms with Gasteiger partial charge in [0.25, 0.3) is 0 Å². The van der Waals surface area contributed by atoms with E-state index in [1.807, 2.05) is 0 Å². The summed E-state index contributed by atoms with van der Waals surface area (Å²) in [5.41, 5.74) is 10.1. The van der Waals surface area contributed by atoms with E-state index in [4.69, 9.17) is 5.73 Å². The number of nitrogens with two attached hydrogens (primary N) is 1. The largest absolute Gasteiger partial charge is 0.346 e. The lowest BCUT2D eigenvalue weighted by Crippen LogP contribution is -2.18. The fourth-order valence-corrected chi connectivity index (χ4v) is 2.29. The summed E-state index contributed by atoms with van der Waals surface area (Å²) in [5.74, 6) is 0. The molecule has 1 aliphatic rings. The summed E-state index contributed by atoms with van der Waals surface area (Å²) in [6, 6.07) is 3.36. The third kappa shape index (κ3) is 1.71. The molecule has 0 aromatic carbocycles. The zero-order valence-electron chi connectivity index (χ0n) is 9.38. The normalized spacial score (nSPS) is 18.6. The molecule has 1 aromatic heterocycles. The van der Waals surface area contributed by atoms with Gasteiger partial charge in [-0.2, -0.15) is 0 Å². The Morgan fingerprint density at radius 1 is 1.50 bits per heavy atom. The molecule has 0 bridgehead atoms. The molecule has 2 N–H and O–H groups in total. The maximum absolute atomic E-state index is 5.84. The number of aromatic nitrogens is 1. The Morgan fingerprint density at radius 2 is 2.14 bits per heavy atom. The number of hydrogen-bond donors (Lipinski definition) is 1. The summed E-state index contributed by atoms with van der Waals surface area (Å²) >= 11 is 0. The molecule has 1 saturated carbocycles. The Labute approximate surface area is 86.1 Å². The Hall–Kier alpha value is -0.760. The number of nitrogens with zero attached hydrogens (tertiary/aromatic N) is 1. The van der Waals surface area contributed by atoms with Crippen LogP contribution < -0.4 is 5.73 Å². The second kappa shape index (κ2) is 3.43. The highest BCUT2D eigenvalue weighted by Gasteiger charge is 2.26. The van der Waals surface area contributed by atoms with Crippen LogP contribution in [-0.2, 0) is 6.42 Å². The zero-order valence-corrected chi connectivity index (χ0v) is 9.38. The molecule has 14 heavy (non-hydrogen) atoms. The van der Waals surface area contributed by atoms with Gasteiger partial charge in [-0.1, -0.05) is 0 Å². The van der Waals surface area contributed by atoms with Crippen molar-refractivity contribution in [2.24, 2.45) is 5.73 Å². The number of rotatable bonds is 3. The SMILES string of the molecule is Cc1cc(CC(C)N)c(C)n1C1CC1. The topological polar surface area (TPSA) is 30.9 Å². The quantitative estimate of drug-likeness (QED) is 0.783. The van der Waals surface area contributed by atoms with Gasteiger partial charge in [0.1, 0.15) is 0 Å². The highest BCUT2D eigenvalue weighted by molar-refractivity contribution is 5.29. The molecular formula is C12H20N2. The van der Waals surface area contributed by atoms with Crippen LogP contribution >= 0.6 is 0 Å². The van der Waals surface area contributed by atoms with Gasteiger partial charge in [-0.05, 0) is 51.7 Å². The first-order chi connectivity index (χ1) is 6.59. The maximum Gasteiger partial charge on any atom is 0.0337 e. The first-order valence-corrected chi connectivity index (χ1v) is 5.52. The van der Waals surface area contributed by atoms with Gasteiger partial charge in [0.15, 0.2) is 0 Å². The first kappa shape index (κ1) is 9.78. The second-order valence-corrected chi connectivity index (χ2v) is 4.68. The summed E-state index contributed by atoms with van der Waals surface area (Å²) in [4.78, 5) is 0. The maximum atomic E-state index is 5.84. The molecule has 1 aromatic rings. The van der Waals surface area contributed by atoms with Crippen molar-refractivity contribution >= 4 is 0 Å². The Balaban J connectivity index is 2.28. The summed E-state index contributed by atoms with van der Waals surface area (Å²) in [7, 11) is 0. The average Bonchev–Trinajstić information content (AvgIpc) is 2.82. The third-order valence-corrected chi connectivity index (χ3v) is 3.04. The highest BCUT2D eigenvalue weighted by atomic mass is 15.1. The van der Waals surface area contributed by atoms with Crippen LogP contribution in [0.25, 0.3) is 0 Å². The van der Waals surface area contributed by atoms with Crippen LogP contribution in [0.5, 0.6) is 0 Å². The van der Waals surface area contributed by atoms with Gasteiger partial charge >= 0.3 is 0 Å². The molecule has 1 aliphatic carbocycles. The smallest absolute Gasteiger partial charge is 0.0337 e. The lowest BCUT2D eigenvalue weighted by atomic mass is 10.1. The molecule has 0 aliphatic heterocycles. The molecule has 1 heterocycles. The Bertz CT molecular complexity index is 332. The molecule has 0 spiro atoms. The molecule has 2 nitrogen and oxygen atoms in total. The molecule has 0 radical (unpaired) electrons. The van der Waals surface area contributed by atoms with Gasteiger partial charge in [0, 0.05) is 23.5 Å². The summed E-state index contributed by atoms with van der Waals surface area (Å²) in [6.45, 7) is 6.50. The molecule has 2 rings (SSSR count). The van der Waals surface area contributed by atoms with E-state index in [1.165, 1.54) is 29.8 Å². The minimum absolute atomic E-state index is 0.267. The van der Waals surface area contributed by atoms with Crippen LogP contribution in [0.15, 0.2) is 6.07 Å². The van der Waals surface area contributed by atoms with E-state index in [-0.39, 0.29) is 6.04 Å². The van der Waals surface area contributed by atoms with E-state index in [9.17, 15) is 0 Å². The summed E-state index contributed by atoms with van der Waals surface area (Å²) in [6.07, 6.45) is 3.72. The van der Waals surface area contributed by atoms with Crippen molar-refractivity contribution in [3.05, 3.63) is 23.0 Å². The summed E-state index contributed by atoms with van der Waals surface area (Å²) in [5, 5.41) is 0. The second-order valence-electron chi connectivity index (χ2n) is 4.68. The van der Waals surface area contributed by atoms with E-state index in [0.29, 0.717) is 0 Å². The van der Waals surface area contributed by atoms with Crippen molar-refractivity contribution in [1.82, 2.24) is 4.57 Å². The molecule has 1 unspecified atom stereocenters. The predicted octanol–water partition coefficient (Wildman–Crippen LogP) is 2.33. The van der Waals surface area contributed by atoms with Gasteiger partial charge in [0.05, 0.1) is 0 Å². The van der Waals surface area contributed by atoms with E-state index >= 15 is 0 Å². The number of hydrogen-bond acceptors (Lipinski definition) is 1. The standard InChI is InChI=1S/C12H20N2/c1-8(13)6-11-7-9(2)14(10(11)3)12-4-5-12/h7-8,12H,4-6,13H2,1-3H3. The van der Waals surface area contributed by atoms with E-state index in [0.717, 1.165) is 12.5 Å². The van der Waals surface area contributed by atoms with Crippen molar-refractivity contribution < 1.29 is 0 Å². The minimum Gasteiger partial charge on any atom is -0.346 e. The highest BCUT2D eigenvalue weighted by Crippen LogP contribution is 2.38. The fourth-order valence-electron chi connectivity index (χ4n) is 2.29. The van der Waals surface area contributed by atoms with Crippen molar-refractivity contribution in [3.63, 3.8) is 0 Å². The van der Waals surface area contributed by atoms with Crippen LogP contribution in [-0.4, -0.2) is 10.6 Å². The molecule has 1 fully saturated rings. The van der Waals surface area contributed by atoms with Crippen molar-refractivity contribution in [1.29, 1.82) is 0 Å². The van der Waals surface area contributed by atoms with Gasteiger partial charge in [0.2, 0.25) is 0 Å². The van der Waals surface area contributed by atoms with E-state index in [2.05, 4.69) is 31.4 Å². The van der Waals surface area contributed by atoms with E-state index in [1.54, 1.807) is 0 Å². The first-order valence-electron chi connectivity index (χ1n) is 5.52. The molecule has 2 heteroatoms. The lowest BCUT2D eigenvalue weighted by Gasteiger charge is -2.08. The summed E-state index contributed by atoms with van der Waals surface area (Å²) < 4.78 is 2.48. The molecule has 1 atom stereocenters. The lowest BCUT2D eigenvalue weighted by molar-refractivity contribution is 0.684. The van der Waals surface area contributed by atoms with Crippen molar-refractivity contribution in [2.45, 2.75) is 52.1 Å². The van der Waals surface area contributed by atoms with Crippen LogP contribution in [0.1, 0.15) is 42.8 Å².